The van der Waals surface area contributed by atoms with Gasteiger partial charge >= 0.3 is 0 Å². The molecular weight excluding hydrogens is 212 g/mol. The summed E-state index contributed by atoms with van der Waals surface area (Å²) >= 11 is 0. The summed E-state index contributed by atoms with van der Waals surface area (Å²) in [6.45, 7) is 4.12. The molecule has 2 rings (SSSR count). The third-order valence-corrected chi connectivity index (χ3v) is 4.02. The van der Waals surface area contributed by atoms with Crippen molar-refractivity contribution in [2.24, 2.45) is 11.8 Å². The Labute approximate surface area is 103 Å². The van der Waals surface area contributed by atoms with Crippen LogP contribution in [-0.2, 0) is 0 Å². The normalized spacial score (nSPS) is 26.8. The molecule has 1 aromatic heterocycles. The van der Waals surface area contributed by atoms with Crippen molar-refractivity contribution in [3.8, 4) is 0 Å². The van der Waals surface area contributed by atoms with Crippen LogP contribution in [0.5, 0.6) is 0 Å². The fraction of sp³-hybridized carbons (Fsp3) is 0.714. The lowest BCUT2D eigenvalue weighted by atomic mass is 9.78. The van der Waals surface area contributed by atoms with Crippen molar-refractivity contribution >= 4 is 0 Å². The van der Waals surface area contributed by atoms with E-state index in [0.717, 1.165) is 30.3 Å². The minimum Gasteiger partial charge on any atom is -0.387 e. The average molecular weight is 234 g/mol. The first-order valence-electron chi connectivity index (χ1n) is 6.68. The van der Waals surface area contributed by atoms with Gasteiger partial charge in [0.05, 0.1) is 11.8 Å². The first kappa shape index (κ1) is 12.5. The van der Waals surface area contributed by atoms with Gasteiger partial charge in [0, 0.05) is 6.20 Å². The highest BCUT2D eigenvalue weighted by Crippen LogP contribution is 2.37. The van der Waals surface area contributed by atoms with E-state index in [9.17, 15) is 5.11 Å². The molecule has 3 heteroatoms. The highest BCUT2D eigenvalue weighted by Gasteiger charge is 2.27. The van der Waals surface area contributed by atoms with Crippen LogP contribution in [0, 0.1) is 18.8 Å². The minimum absolute atomic E-state index is 0.382. The lowest BCUT2D eigenvalue weighted by Gasteiger charge is -2.30. The molecule has 1 aliphatic carbocycles. The summed E-state index contributed by atoms with van der Waals surface area (Å²) in [4.78, 5) is 8.40. The monoisotopic (exact) mass is 234 g/mol. The zero-order chi connectivity index (χ0) is 12.3. The number of aryl methyl sites for hydroxylation is 1. The molecule has 0 spiro atoms. The van der Waals surface area contributed by atoms with Crippen molar-refractivity contribution < 1.29 is 5.11 Å². The van der Waals surface area contributed by atoms with Gasteiger partial charge in [0.1, 0.15) is 5.82 Å². The summed E-state index contributed by atoms with van der Waals surface area (Å²) in [5.41, 5.74) is 0.789. The predicted octanol–water partition coefficient (Wildman–Crippen LogP) is 3.03. The molecule has 0 aliphatic heterocycles. The Kier molecular flexibility index (Phi) is 4.11. The van der Waals surface area contributed by atoms with Gasteiger partial charge in [-0.1, -0.05) is 26.2 Å². The summed E-state index contributed by atoms with van der Waals surface area (Å²) in [5, 5.41) is 10.3. The summed E-state index contributed by atoms with van der Waals surface area (Å²) in [5.74, 6) is 1.99. The van der Waals surface area contributed by atoms with Crippen LogP contribution in [0.15, 0.2) is 12.3 Å². The van der Waals surface area contributed by atoms with Gasteiger partial charge in [0.25, 0.3) is 0 Å². The van der Waals surface area contributed by atoms with Gasteiger partial charge in [-0.3, -0.25) is 0 Å². The lowest BCUT2D eigenvalue weighted by Crippen LogP contribution is -2.21. The molecule has 1 atom stereocenters. The van der Waals surface area contributed by atoms with Crippen molar-refractivity contribution in [1.82, 2.24) is 9.97 Å². The van der Waals surface area contributed by atoms with Gasteiger partial charge in [-0.05, 0) is 37.7 Å². The van der Waals surface area contributed by atoms with Gasteiger partial charge in [-0.25, -0.2) is 9.97 Å². The summed E-state index contributed by atoms with van der Waals surface area (Å²) in [6.07, 6.45) is 7.36. The van der Waals surface area contributed by atoms with Crippen LogP contribution in [-0.4, -0.2) is 15.1 Å². The molecule has 3 nitrogen and oxygen atoms in total. The van der Waals surface area contributed by atoms with Gasteiger partial charge in [0.2, 0.25) is 0 Å². The third kappa shape index (κ3) is 3.03. The van der Waals surface area contributed by atoms with E-state index in [2.05, 4.69) is 16.9 Å². The molecule has 1 unspecified atom stereocenters. The Morgan fingerprint density at radius 3 is 2.65 bits per heavy atom. The largest absolute Gasteiger partial charge is 0.387 e. The van der Waals surface area contributed by atoms with E-state index >= 15 is 0 Å². The van der Waals surface area contributed by atoms with Crippen LogP contribution >= 0.6 is 0 Å². The highest BCUT2D eigenvalue weighted by atomic mass is 16.3. The van der Waals surface area contributed by atoms with Crippen molar-refractivity contribution in [3.63, 3.8) is 0 Å². The molecule has 1 aromatic rings. The molecule has 94 valence electrons. The van der Waals surface area contributed by atoms with Crippen LogP contribution in [0.25, 0.3) is 0 Å². The van der Waals surface area contributed by atoms with Gasteiger partial charge in [0.15, 0.2) is 0 Å². The predicted molar refractivity (Wildman–Crippen MR) is 67.5 cm³/mol. The van der Waals surface area contributed by atoms with Crippen LogP contribution in [0.1, 0.15) is 56.7 Å². The minimum atomic E-state index is -0.408. The maximum absolute atomic E-state index is 10.3. The summed E-state index contributed by atoms with van der Waals surface area (Å²) < 4.78 is 0. The number of nitrogens with zero attached hydrogens (tertiary/aromatic N) is 2. The van der Waals surface area contributed by atoms with Crippen LogP contribution in [0.2, 0.25) is 0 Å². The number of hydrogen-bond acceptors (Lipinski definition) is 3. The SMILES string of the molecule is CCC1CCC(C(O)c2ccnc(C)n2)CC1. The Bertz CT molecular complexity index is 359. The molecule has 1 aliphatic rings. The highest BCUT2D eigenvalue weighted by molar-refractivity contribution is 5.06. The van der Waals surface area contributed by atoms with E-state index in [1.807, 2.05) is 13.0 Å². The van der Waals surface area contributed by atoms with Gasteiger partial charge < -0.3 is 5.11 Å². The fourth-order valence-corrected chi connectivity index (χ4v) is 2.79. The molecular formula is C14H22N2O. The number of hydrogen-bond donors (Lipinski definition) is 1. The van der Waals surface area contributed by atoms with E-state index in [1.54, 1.807) is 6.20 Å². The second-order valence-corrected chi connectivity index (χ2v) is 5.16. The van der Waals surface area contributed by atoms with E-state index in [-0.39, 0.29) is 0 Å². The Morgan fingerprint density at radius 1 is 1.35 bits per heavy atom. The van der Waals surface area contributed by atoms with Crippen LogP contribution < -0.4 is 0 Å². The third-order valence-electron chi connectivity index (χ3n) is 4.02. The van der Waals surface area contributed by atoms with Crippen molar-refractivity contribution in [1.29, 1.82) is 0 Å². The fourth-order valence-electron chi connectivity index (χ4n) is 2.79. The zero-order valence-corrected chi connectivity index (χ0v) is 10.8. The number of aliphatic hydroxyl groups is 1. The van der Waals surface area contributed by atoms with Gasteiger partial charge in [-0.2, -0.15) is 0 Å². The number of aromatic nitrogens is 2. The zero-order valence-electron chi connectivity index (χ0n) is 10.8. The standard InChI is InChI=1S/C14H22N2O/c1-3-11-4-6-12(7-5-11)14(17)13-8-9-15-10(2)16-13/h8-9,11-12,14,17H,3-7H2,1-2H3. The van der Waals surface area contributed by atoms with E-state index in [4.69, 9.17) is 0 Å². The number of aliphatic hydroxyl groups excluding tert-OH is 1. The smallest absolute Gasteiger partial charge is 0.125 e. The Balaban J connectivity index is 1.99. The second-order valence-electron chi connectivity index (χ2n) is 5.16. The summed E-state index contributed by atoms with van der Waals surface area (Å²) in [6, 6.07) is 1.84. The molecule has 1 heterocycles. The summed E-state index contributed by atoms with van der Waals surface area (Å²) in [7, 11) is 0. The van der Waals surface area contributed by atoms with Crippen molar-refractivity contribution in [3.05, 3.63) is 23.8 Å². The van der Waals surface area contributed by atoms with Crippen molar-refractivity contribution in [2.45, 2.75) is 52.1 Å². The van der Waals surface area contributed by atoms with Gasteiger partial charge in [-0.15, -0.1) is 0 Å². The Hall–Kier alpha value is -0.960. The molecule has 1 N–H and O–H groups in total. The average Bonchev–Trinajstić information content (AvgIpc) is 2.38. The molecule has 1 fully saturated rings. The Morgan fingerprint density at radius 2 is 2.06 bits per heavy atom. The molecule has 0 saturated heterocycles. The molecule has 0 bridgehead atoms. The van der Waals surface area contributed by atoms with E-state index < -0.39 is 6.10 Å². The first-order chi connectivity index (χ1) is 8.20. The number of rotatable bonds is 3. The molecule has 0 aromatic carbocycles. The van der Waals surface area contributed by atoms with Crippen LogP contribution in [0.4, 0.5) is 0 Å². The lowest BCUT2D eigenvalue weighted by molar-refractivity contribution is 0.0693. The molecule has 0 amide bonds. The molecule has 1 saturated carbocycles. The second kappa shape index (κ2) is 5.58. The van der Waals surface area contributed by atoms with Crippen molar-refractivity contribution in [2.75, 3.05) is 0 Å². The molecule has 17 heavy (non-hydrogen) atoms. The quantitative estimate of drug-likeness (QED) is 0.874. The van der Waals surface area contributed by atoms with E-state index in [0.29, 0.717) is 5.92 Å². The maximum atomic E-state index is 10.3. The van der Waals surface area contributed by atoms with Crippen LogP contribution in [0.3, 0.4) is 0 Å². The first-order valence-corrected chi connectivity index (χ1v) is 6.68. The topological polar surface area (TPSA) is 46.0 Å². The maximum Gasteiger partial charge on any atom is 0.125 e. The molecule has 0 radical (unpaired) electrons. The van der Waals surface area contributed by atoms with E-state index in [1.165, 1.54) is 19.3 Å².